The highest BCUT2D eigenvalue weighted by atomic mass is 32.2. The average molecular weight is 349 g/mol. The van der Waals surface area contributed by atoms with E-state index in [-0.39, 0.29) is 17.7 Å². The maximum atomic E-state index is 12.4. The van der Waals surface area contributed by atoms with Gasteiger partial charge in [0, 0.05) is 11.3 Å². The second kappa shape index (κ2) is 6.67. The van der Waals surface area contributed by atoms with Crippen molar-refractivity contribution in [1.82, 2.24) is 15.0 Å². The lowest BCUT2D eigenvalue weighted by molar-refractivity contribution is -0.123. The predicted octanol–water partition coefficient (Wildman–Crippen LogP) is 3.57. The number of carbonyl (C=O) groups excluding carboxylic acids is 2. The van der Waals surface area contributed by atoms with Gasteiger partial charge < -0.3 is 4.52 Å². The molecule has 0 spiro atoms. The molecular weight excluding hydrogens is 334 g/mol. The van der Waals surface area contributed by atoms with Crippen molar-refractivity contribution in [3.8, 4) is 0 Å². The van der Waals surface area contributed by atoms with Crippen molar-refractivity contribution in [2.45, 2.75) is 26.8 Å². The summed E-state index contributed by atoms with van der Waals surface area (Å²) in [4.78, 5) is 31.2. The number of thiophene rings is 1. The topological polar surface area (TPSA) is 76.3 Å². The number of thioether (sulfide) groups is 1. The molecule has 2 aromatic rings. The highest BCUT2D eigenvalue weighted by molar-refractivity contribution is 8.18. The van der Waals surface area contributed by atoms with E-state index >= 15 is 0 Å². The maximum Gasteiger partial charge on any atom is 0.293 e. The maximum absolute atomic E-state index is 12.4. The van der Waals surface area contributed by atoms with Crippen LogP contribution in [0.3, 0.4) is 0 Å². The molecule has 3 heterocycles. The van der Waals surface area contributed by atoms with Crippen LogP contribution < -0.4 is 0 Å². The zero-order chi connectivity index (χ0) is 16.4. The number of aromatic nitrogens is 2. The first-order valence-corrected chi connectivity index (χ1v) is 8.83. The van der Waals surface area contributed by atoms with E-state index < -0.39 is 0 Å². The molecule has 2 amide bonds. The molecule has 0 saturated carbocycles. The van der Waals surface area contributed by atoms with Crippen molar-refractivity contribution in [2.24, 2.45) is 5.92 Å². The largest absolute Gasteiger partial charge is 0.339 e. The minimum absolute atomic E-state index is 0.0358. The first-order valence-electron chi connectivity index (χ1n) is 7.13. The summed E-state index contributed by atoms with van der Waals surface area (Å²) >= 11 is 2.45. The van der Waals surface area contributed by atoms with Crippen molar-refractivity contribution in [2.75, 3.05) is 0 Å². The molecule has 0 aromatic carbocycles. The number of amides is 2. The number of hydrogen-bond donors (Lipinski definition) is 0. The molecule has 0 N–H and O–H groups in total. The second-order valence-corrected chi connectivity index (χ2v) is 7.46. The van der Waals surface area contributed by atoms with Gasteiger partial charge in [0.2, 0.25) is 5.89 Å². The van der Waals surface area contributed by atoms with Crippen LogP contribution in [0.5, 0.6) is 0 Å². The molecule has 0 bridgehead atoms. The zero-order valence-electron chi connectivity index (χ0n) is 12.7. The first kappa shape index (κ1) is 15.9. The van der Waals surface area contributed by atoms with Crippen molar-refractivity contribution in [3.05, 3.63) is 39.0 Å². The number of nitrogens with zero attached hydrogens (tertiary/aromatic N) is 3. The van der Waals surface area contributed by atoms with Crippen LogP contribution in [-0.4, -0.2) is 26.2 Å². The fraction of sp³-hybridized carbons (Fsp3) is 0.333. The van der Waals surface area contributed by atoms with E-state index in [1.54, 1.807) is 6.08 Å². The van der Waals surface area contributed by atoms with Crippen LogP contribution in [-0.2, 0) is 17.8 Å². The van der Waals surface area contributed by atoms with Gasteiger partial charge in [0.05, 0.1) is 11.4 Å². The van der Waals surface area contributed by atoms with Gasteiger partial charge in [-0.2, -0.15) is 4.98 Å². The standard InChI is InChI=1S/C15H15N3O3S2/c1-9(2)6-13-16-12(17-21-13)8-18-14(19)11(23-15(18)20)7-10-4-3-5-22-10/h3-5,7,9H,6,8H2,1-2H3/b11-7-. The number of hydrogen-bond acceptors (Lipinski definition) is 7. The van der Waals surface area contributed by atoms with Crippen LogP contribution in [0.1, 0.15) is 30.4 Å². The molecule has 3 rings (SSSR count). The van der Waals surface area contributed by atoms with Crippen molar-refractivity contribution < 1.29 is 14.1 Å². The molecule has 0 unspecified atom stereocenters. The summed E-state index contributed by atoms with van der Waals surface area (Å²) in [5.74, 6) is 0.953. The Balaban J connectivity index is 1.72. The van der Waals surface area contributed by atoms with Gasteiger partial charge in [0.25, 0.3) is 11.1 Å². The van der Waals surface area contributed by atoms with Gasteiger partial charge in [-0.3, -0.25) is 14.5 Å². The normalized spacial score (nSPS) is 17.0. The van der Waals surface area contributed by atoms with E-state index in [1.807, 2.05) is 17.5 Å². The fourth-order valence-electron chi connectivity index (χ4n) is 2.07. The minimum atomic E-state index is -0.316. The molecule has 1 fully saturated rings. The van der Waals surface area contributed by atoms with E-state index in [4.69, 9.17) is 4.52 Å². The molecule has 8 heteroatoms. The molecule has 6 nitrogen and oxygen atoms in total. The zero-order valence-corrected chi connectivity index (χ0v) is 14.3. The van der Waals surface area contributed by atoms with Crippen LogP contribution >= 0.6 is 23.1 Å². The SMILES string of the molecule is CC(C)Cc1nc(CN2C(=O)S/C(=C\c3cccs3)C2=O)no1. The Hall–Kier alpha value is -1.93. The van der Waals surface area contributed by atoms with Gasteiger partial charge in [-0.05, 0) is 35.2 Å². The number of carbonyl (C=O) groups is 2. The van der Waals surface area contributed by atoms with E-state index in [0.717, 1.165) is 21.5 Å². The van der Waals surface area contributed by atoms with Crippen LogP contribution in [0.4, 0.5) is 4.79 Å². The van der Waals surface area contributed by atoms with Crippen LogP contribution in [0.15, 0.2) is 26.9 Å². The summed E-state index contributed by atoms with van der Waals surface area (Å²) in [6.45, 7) is 4.14. The van der Waals surface area contributed by atoms with Crippen molar-refractivity contribution >= 4 is 40.3 Å². The van der Waals surface area contributed by atoms with Crippen molar-refractivity contribution in [1.29, 1.82) is 0 Å². The third-order valence-electron chi connectivity index (χ3n) is 3.08. The lowest BCUT2D eigenvalue weighted by Gasteiger charge is -2.08. The third-order valence-corrected chi connectivity index (χ3v) is 4.81. The Morgan fingerprint density at radius 3 is 2.91 bits per heavy atom. The monoisotopic (exact) mass is 349 g/mol. The predicted molar refractivity (Wildman–Crippen MR) is 88.7 cm³/mol. The molecule has 1 aliphatic rings. The summed E-state index contributed by atoms with van der Waals surface area (Å²) < 4.78 is 5.14. The number of imide groups is 1. The number of rotatable bonds is 5. The Kier molecular flexibility index (Phi) is 4.63. The molecule has 120 valence electrons. The van der Waals surface area contributed by atoms with Gasteiger partial charge in [-0.25, -0.2) is 0 Å². The Bertz CT molecular complexity index is 750. The molecule has 23 heavy (non-hydrogen) atoms. The van der Waals surface area contributed by atoms with Gasteiger partial charge in [-0.1, -0.05) is 25.1 Å². The van der Waals surface area contributed by atoms with Gasteiger partial charge in [0.15, 0.2) is 5.82 Å². The Morgan fingerprint density at radius 2 is 2.22 bits per heavy atom. The van der Waals surface area contributed by atoms with E-state index in [9.17, 15) is 9.59 Å². The van der Waals surface area contributed by atoms with Crippen LogP contribution in [0, 0.1) is 5.92 Å². The van der Waals surface area contributed by atoms with Gasteiger partial charge in [0.1, 0.15) is 0 Å². The molecule has 0 aliphatic carbocycles. The summed E-state index contributed by atoms with van der Waals surface area (Å²) in [6, 6.07) is 3.80. The third kappa shape index (κ3) is 3.70. The van der Waals surface area contributed by atoms with E-state index in [2.05, 4.69) is 24.0 Å². The summed E-state index contributed by atoms with van der Waals surface area (Å²) in [6.07, 6.45) is 2.41. The quantitative estimate of drug-likeness (QED) is 0.768. The Morgan fingerprint density at radius 1 is 1.39 bits per heavy atom. The molecule has 2 aromatic heterocycles. The van der Waals surface area contributed by atoms with Crippen molar-refractivity contribution in [3.63, 3.8) is 0 Å². The van der Waals surface area contributed by atoms with E-state index in [0.29, 0.717) is 29.0 Å². The van der Waals surface area contributed by atoms with E-state index in [1.165, 1.54) is 11.3 Å². The second-order valence-electron chi connectivity index (χ2n) is 5.49. The minimum Gasteiger partial charge on any atom is -0.339 e. The molecule has 1 aliphatic heterocycles. The molecular formula is C15H15N3O3S2. The Labute approximate surface area is 141 Å². The van der Waals surface area contributed by atoms with Gasteiger partial charge >= 0.3 is 0 Å². The molecule has 0 radical (unpaired) electrons. The lowest BCUT2D eigenvalue weighted by Crippen LogP contribution is -2.28. The first-order chi connectivity index (χ1) is 11.0. The van der Waals surface area contributed by atoms with Crippen LogP contribution in [0.25, 0.3) is 6.08 Å². The summed E-state index contributed by atoms with van der Waals surface area (Å²) in [5, 5.41) is 5.45. The molecule has 0 atom stereocenters. The summed E-state index contributed by atoms with van der Waals surface area (Å²) in [7, 11) is 0. The smallest absolute Gasteiger partial charge is 0.293 e. The molecule has 1 saturated heterocycles. The highest BCUT2D eigenvalue weighted by Crippen LogP contribution is 2.33. The highest BCUT2D eigenvalue weighted by Gasteiger charge is 2.36. The lowest BCUT2D eigenvalue weighted by atomic mass is 10.1. The average Bonchev–Trinajstić information content (AvgIpc) is 3.19. The van der Waals surface area contributed by atoms with Gasteiger partial charge in [-0.15, -0.1) is 11.3 Å². The summed E-state index contributed by atoms with van der Waals surface area (Å²) in [5.41, 5.74) is 0. The fourth-order valence-corrected chi connectivity index (χ4v) is 3.63. The van der Waals surface area contributed by atoms with Crippen LogP contribution in [0.2, 0.25) is 0 Å².